The first-order valence-electron chi connectivity index (χ1n) is 7.85. The Balaban J connectivity index is 1.96. The zero-order valence-electron chi connectivity index (χ0n) is 13.2. The van der Waals surface area contributed by atoms with E-state index in [1.165, 1.54) is 0 Å². The molecule has 1 aromatic carbocycles. The van der Waals surface area contributed by atoms with E-state index in [1.54, 1.807) is 11.8 Å². The van der Waals surface area contributed by atoms with Crippen molar-refractivity contribution in [3.05, 3.63) is 35.9 Å². The molecule has 1 N–H and O–H groups in total. The van der Waals surface area contributed by atoms with Crippen LogP contribution in [0.5, 0.6) is 0 Å². The summed E-state index contributed by atoms with van der Waals surface area (Å²) in [6.07, 6.45) is 0.703. The number of hydrogen-bond acceptors (Lipinski definition) is 3. The fourth-order valence-electron chi connectivity index (χ4n) is 2.69. The Bertz CT molecular complexity index is 498. The van der Waals surface area contributed by atoms with Gasteiger partial charge in [-0.25, -0.2) is 0 Å². The lowest BCUT2D eigenvalue weighted by atomic mass is 9.95. The highest BCUT2D eigenvalue weighted by Crippen LogP contribution is 2.19. The normalized spacial score (nSPS) is 17.6. The molecule has 0 saturated carbocycles. The van der Waals surface area contributed by atoms with Gasteiger partial charge in [0.15, 0.2) is 0 Å². The Labute approximate surface area is 131 Å². The molecule has 0 unspecified atom stereocenters. The van der Waals surface area contributed by atoms with Crippen molar-refractivity contribution in [2.24, 2.45) is 0 Å². The summed E-state index contributed by atoms with van der Waals surface area (Å²) in [6, 6.07) is 9.16. The second kappa shape index (κ2) is 7.94. The minimum absolute atomic E-state index is 0.0421. The molecule has 0 aromatic heterocycles. The van der Waals surface area contributed by atoms with E-state index in [0.29, 0.717) is 32.7 Å². The third-order valence-electron chi connectivity index (χ3n) is 3.98. The highest BCUT2D eigenvalue weighted by Gasteiger charge is 2.26. The summed E-state index contributed by atoms with van der Waals surface area (Å²) in [4.78, 5) is 26.6. The largest absolute Gasteiger partial charge is 0.378 e. The maximum atomic E-state index is 12.5. The van der Waals surface area contributed by atoms with E-state index >= 15 is 0 Å². The molecule has 1 aliphatic rings. The van der Waals surface area contributed by atoms with E-state index in [-0.39, 0.29) is 17.7 Å². The van der Waals surface area contributed by atoms with Crippen LogP contribution in [-0.4, -0.2) is 49.1 Å². The molecule has 2 rings (SSSR count). The standard InChI is InChI=1S/C17H24N2O3/c1-3-15(14-7-5-4-6-8-14)16(20)18-13(2)17(21)19-9-11-22-12-10-19/h4-8,13,15H,3,9-12H2,1-2H3,(H,18,20)/t13-,15-/m1/s1. The number of ether oxygens (including phenoxy) is 1. The maximum Gasteiger partial charge on any atom is 0.245 e. The van der Waals surface area contributed by atoms with Crippen LogP contribution in [0, 0.1) is 0 Å². The molecule has 2 atom stereocenters. The Hall–Kier alpha value is -1.88. The Kier molecular flexibility index (Phi) is 5.95. The smallest absolute Gasteiger partial charge is 0.245 e. The summed E-state index contributed by atoms with van der Waals surface area (Å²) in [5, 5.41) is 2.86. The molecule has 1 aromatic rings. The van der Waals surface area contributed by atoms with Crippen molar-refractivity contribution in [3.63, 3.8) is 0 Å². The van der Waals surface area contributed by atoms with Crippen LogP contribution in [0.1, 0.15) is 31.7 Å². The molecular formula is C17H24N2O3. The summed E-state index contributed by atoms with van der Waals surface area (Å²) in [6.45, 7) is 6.03. The topological polar surface area (TPSA) is 58.6 Å². The quantitative estimate of drug-likeness (QED) is 0.898. The maximum absolute atomic E-state index is 12.5. The molecule has 120 valence electrons. The van der Waals surface area contributed by atoms with Crippen LogP contribution in [0.15, 0.2) is 30.3 Å². The lowest BCUT2D eigenvalue weighted by Gasteiger charge is -2.30. The molecule has 0 radical (unpaired) electrons. The fraction of sp³-hybridized carbons (Fsp3) is 0.529. The molecule has 0 spiro atoms. The number of benzene rings is 1. The number of hydrogen-bond donors (Lipinski definition) is 1. The van der Waals surface area contributed by atoms with Crippen molar-refractivity contribution < 1.29 is 14.3 Å². The van der Waals surface area contributed by atoms with Gasteiger partial charge in [-0.15, -0.1) is 0 Å². The van der Waals surface area contributed by atoms with E-state index in [0.717, 1.165) is 5.56 Å². The summed E-state index contributed by atoms with van der Waals surface area (Å²) < 4.78 is 5.24. The molecule has 2 amide bonds. The number of amides is 2. The van der Waals surface area contributed by atoms with Gasteiger partial charge in [0.1, 0.15) is 6.04 Å². The molecule has 0 aliphatic carbocycles. The Morgan fingerprint density at radius 1 is 1.23 bits per heavy atom. The molecule has 5 heteroatoms. The predicted molar refractivity (Wildman–Crippen MR) is 84.5 cm³/mol. The second-order valence-corrected chi connectivity index (χ2v) is 5.54. The van der Waals surface area contributed by atoms with E-state index in [1.807, 2.05) is 37.3 Å². The van der Waals surface area contributed by atoms with Crippen LogP contribution in [0.4, 0.5) is 0 Å². The van der Waals surface area contributed by atoms with Crippen LogP contribution in [0.3, 0.4) is 0 Å². The molecule has 1 fully saturated rings. The zero-order chi connectivity index (χ0) is 15.9. The summed E-state index contributed by atoms with van der Waals surface area (Å²) in [7, 11) is 0. The van der Waals surface area contributed by atoms with Gasteiger partial charge in [0.2, 0.25) is 11.8 Å². The van der Waals surface area contributed by atoms with Crippen molar-refractivity contribution in [3.8, 4) is 0 Å². The number of nitrogens with zero attached hydrogens (tertiary/aromatic N) is 1. The van der Waals surface area contributed by atoms with Crippen molar-refractivity contribution >= 4 is 11.8 Å². The van der Waals surface area contributed by atoms with E-state index in [9.17, 15) is 9.59 Å². The third kappa shape index (κ3) is 4.07. The number of rotatable bonds is 5. The highest BCUT2D eigenvalue weighted by atomic mass is 16.5. The second-order valence-electron chi connectivity index (χ2n) is 5.54. The van der Waals surface area contributed by atoms with E-state index in [2.05, 4.69) is 5.32 Å². The summed E-state index contributed by atoms with van der Waals surface area (Å²) in [5.41, 5.74) is 0.980. The average molecular weight is 304 g/mol. The van der Waals surface area contributed by atoms with Crippen LogP contribution in [-0.2, 0) is 14.3 Å². The first-order valence-corrected chi connectivity index (χ1v) is 7.85. The first-order chi connectivity index (χ1) is 10.6. The van der Waals surface area contributed by atoms with Crippen molar-refractivity contribution in [1.29, 1.82) is 0 Å². The molecule has 5 nitrogen and oxygen atoms in total. The number of nitrogens with one attached hydrogen (secondary N) is 1. The van der Waals surface area contributed by atoms with Crippen molar-refractivity contribution in [2.45, 2.75) is 32.2 Å². The highest BCUT2D eigenvalue weighted by molar-refractivity contribution is 5.90. The van der Waals surface area contributed by atoms with Gasteiger partial charge in [-0.05, 0) is 18.9 Å². The van der Waals surface area contributed by atoms with Gasteiger partial charge in [-0.2, -0.15) is 0 Å². The van der Waals surface area contributed by atoms with Crippen LogP contribution in [0.2, 0.25) is 0 Å². The van der Waals surface area contributed by atoms with Gasteiger partial charge in [0.05, 0.1) is 19.1 Å². The van der Waals surface area contributed by atoms with Crippen molar-refractivity contribution in [1.82, 2.24) is 10.2 Å². The molecular weight excluding hydrogens is 280 g/mol. The molecule has 1 saturated heterocycles. The fourth-order valence-corrected chi connectivity index (χ4v) is 2.69. The van der Waals surface area contributed by atoms with E-state index in [4.69, 9.17) is 4.74 Å². The van der Waals surface area contributed by atoms with Crippen LogP contribution >= 0.6 is 0 Å². The number of carbonyl (C=O) groups is 2. The minimum Gasteiger partial charge on any atom is -0.378 e. The van der Waals surface area contributed by atoms with Gasteiger partial charge in [0, 0.05) is 13.1 Å². The van der Waals surface area contributed by atoms with Gasteiger partial charge in [-0.3, -0.25) is 9.59 Å². The van der Waals surface area contributed by atoms with Gasteiger partial charge < -0.3 is 15.0 Å². The molecule has 1 heterocycles. The van der Waals surface area contributed by atoms with Crippen LogP contribution < -0.4 is 5.32 Å². The first kappa shape index (κ1) is 16.5. The lowest BCUT2D eigenvalue weighted by molar-refractivity contribution is -0.139. The number of morpholine rings is 1. The Morgan fingerprint density at radius 3 is 2.45 bits per heavy atom. The summed E-state index contributed by atoms with van der Waals surface area (Å²) >= 11 is 0. The molecule has 1 aliphatic heterocycles. The molecule has 22 heavy (non-hydrogen) atoms. The summed E-state index contributed by atoms with van der Waals surface area (Å²) in [5.74, 6) is -0.358. The Morgan fingerprint density at radius 2 is 1.86 bits per heavy atom. The van der Waals surface area contributed by atoms with E-state index < -0.39 is 6.04 Å². The lowest BCUT2D eigenvalue weighted by Crippen LogP contribution is -2.51. The minimum atomic E-state index is -0.511. The molecule has 0 bridgehead atoms. The van der Waals surface area contributed by atoms with Gasteiger partial charge in [-0.1, -0.05) is 37.3 Å². The van der Waals surface area contributed by atoms with Gasteiger partial charge in [0.25, 0.3) is 0 Å². The average Bonchev–Trinajstić information content (AvgIpc) is 2.56. The SMILES string of the molecule is CC[C@@H](C(=O)N[C@H](C)C(=O)N1CCOCC1)c1ccccc1. The zero-order valence-corrected chi connectivity index (χ0v) is 13.2. The van der Waals surface area contributed by atoms with Gasteiger partial charge >= 0.3 is 0 Å². The monoisotopic (exact) mass is 304 g/mol. The third-order valence-corrected chi connectivity index (χ3v) is 3.98. The van der Waals surface area contributed by atoms with Crippen molar-refractivity contribution in [2.75, 3.05) is 26.3 Å². The number of carbonyl (C=O) groups excluding carboxylic acids is 2. The predicted octanol–water partition coefficient (Wildman–Crippen LogP) is 1.54. The van der Waals surface area contributed by atoms with Crippen LogP contribution in [0.25, 0.3) is 0 Å².